The van der Waals surface area contributed by atoms with Crippen LogP contribution in [0.1, 0.15) is 27.8 Å². The molecule has 0 aliphatic carbocycles. The summed E-state index contributed by atoms with van der Waals surface area (Å²) in [6, 6.07) is 20.8. The third-order valence-corrected chi connectivity index (χ3v) is 8.77. The van der Waals surface area contributed by atoms with Crippen LogP contribution in [0.5, 0.6) is 0 Å². The molecule has 0 aromatic heterocycles. The van der Waals surface area contributed by atoms with Gasteiger partial charge in [-0.05, 0) is 62.6 Å². The highest BCUT2D eigenvalue weighted by molar-refractivity contribution is 7.89. The fourth-order valence-electron chi connectivity index (χ4n) is 4.63. The van der Waals surface area contributed by atoms with Crippen molar-refractivity contribution in [1.82, 2.24) is 9.21 Å². The van der Waals surface area contributed by atoms with Gasteiger partial charge in [-0.3, -0.25) is 4.79 Å². The van der Waals surface area contributed by atoms with Crippen molar-refractivity contribution >= 4 is 21.6 Å². The number of rotatable bonds is 7. The Balaban J connectivity index is 1.51. The van der Waals surface area contributed by atoms with Gasteiger partial charge in [0.2, 0.25) is 15.9 Å². The van der Waals surface area contributed by atoms with E-state index < -0.39 is 10.0 Å². The van der Waals surface area contributed by atoms with Crippen molar-refractivity contribution in [3.63, 3.8) is 0 Å². The second-order valence-electron chi connectivity index (χ2n) is 9.66. The Morgan fingerprint density at radius 1 is 0.833 bits per heavy atom. The van der Waals surface area contributed by atoms with E-state index in [0.29, 0.717) is 13.1 Å². The quantitative estimate of drug-likeness (QED) is 0.476. The highest BCUT2D eigenvalue weighted by atomic mass is 32.2. The fourth-order valence-corrected chi connectivity index (χ4v) is 6.00. The van der Waals surface area contributed by atoms with Gasteiger partial charge >= 0.3 is 0 Å². The van der Waals surface area contributed by atoms with E-state index in [1.165, 1.54) is 21.1 Å². The molecule has 3 aromatic carbocycles. The van der Waals surface area contributed by atoms with Crippen LogP contribution in [0, 0.1) is 27.7 Å². The molecule has 190 valence electrons. The van der Waals surface area contributed by atoms with E-state index in [1.54, 1.807) is 29.2 Å². The van der Waals surface area contributed by atoms with Gasteiger partial charge in [0.15, 0.2) is 0 Å². The summed E-state index contributed by atoms with van der Waals surface area (Å²) in [6.45, 7) is 10.7. The molecule has 1 aliphatic heterocycles. The molecule has 1 amide bonds. The zero-order chi connectivity index (χ0) is 25.9. The van der Waals surface area contributed by atoms with E-state index in [4.69, 9.17) is 0 Å². The smallest absolute Gasteiger partial charge is 0.243 e. The van der Waals surface area contributed by atoms with E-state index in [2.05, 4.69) is 36.9 Å². The predicted octanol–water partition coefficient (Wildman–Crippen LogP) is 4.46. The number of amides is 1. The topological polar surface area (TPSA) is 60.9 Å². The first-order chi connectivity index (χ1) is 17.1. The minimum Gasteiger partial charge on any atom is -0.368 e. The summed E-state index contributed by atoms with van der Waals surface area (Å²) in [4.78, 5) is 17.7. The molecule has 4 rings (SSSR count). The monoisotopic (exact) mass is 505 g/mol. The number of aryl methyl sites for hydroxylation is 3. The summed E-state index contributed by atoms with van der Waals surface area (Å²) in [5, 5.41) is 0. The van der Waals surface area contributed by atoms with Crippen molar-refractivity contribution < 1.29 is 13.2 Å². The number of sulfonamides is 1. The molecule has 1 saturated heterocycles. The molecule has 6 nitrogen and oxygen atoms in total. The Morgan fingerprint density at radius 3 is 2.17 bits per heavy atom. The zero-order valence-electron chi connectivity index (χ0n) is 21.6. The molecule has 0 N–H and O–H groups in total. The predicted molar refractivity (Wildman–Crippen MR) is 145 cm³/mol. The Hall–Kier alpha value is -3.16. The van der Waals surface area contributed by atoms with Crippen LogP contribution in [0.3, 0.4) is 0 Å². The normalized spacial score (nSPS) is 14.4. The van der Waals surface area contributed by atoms with Gasteiger partial charge in [-0.2, -0.15) is 4.31 Å². The van der Waals surface area contributed by atoms with Crippen molar-refractivity contribution in [2.45, 2.75) is 39.1 Å². The Morgan fingerprint density at radius 2 is 1.50 bits per heavy atom. The van der Waals surface area contributed by atoms with Crippen molar-refractivity contribution in [2.24, 2.45) is 0 Å². The Bertz CT molecular complexity index is 1330. The molecule has 0 radical (unpaired) electrons. The van der Waals surface area contributed by atoms with Crippen LogP contribution < -0.4 is 4.90 Å². The summed E-state index contributed by atoms with van der Waals surface area (Å²) in [5.74, 6) is -0.168. The lowest BCUT2D eigenvalue weighted by Gasteiger charge is -2.37. The van der Waals surface area contributed by atoms with Crippen molar-refractivity contribution in [3.8, 4) is 0 Å². The fraction of sp³-hybridized carbons (Fsp3) is 0.345. The van der Waals surface area contributed by atoms with Crippen LogP contribution in [-0.4, -0.2) is 56.3 Å². The van der Waals surface area contributed by atoms with Gasteiger partial charge in [0.05, 0.1) is 11.4 Å². The lowest BCUT2D eigenvalue weighted by Crippen LogP contribution is -2.52. The molecular weight excluding hydrogens is 470 g/mol. The van der Waals surface area contributed by atoms with Gasteiger partial charge in [-0.1, -0.05) is 59.7 Å². The lowest BCUT2D eigenvalue weighted by atomic mass is 10.1. The summed E-state index contributed by atoms with van der Waals surface area (Å²) in [5.41, 5.74) is 6.60. The first kappa shape index (κ1) is 25.9. The largest absolute Gasteiger partial charge is 0.368 e. The van der Waals surface area contributed by atoms with Gasteiger partial charge in [0.25, 0.3) is 0 Å². The standard InChI is InChI=1S/C29H35N3O3S/c1-22-11-13-27(14-12-22)36(34,35)32(20-26-9-5-7-23(2)19-26)21-29(33)31-17-15-30(16-18-31)28-10-6-8-24(3)25(28)4/h5-14,19H,15-18,20-21H2,1-4H3. The maximum Gasteiger partial charge on any atom is 0.243 e. The molecule has 3 aromatic rings. The van der Waals surface area contributed by atoms with Crippen molar-refractivity contribution in [2.75, 3.05) is 37.6 Å². The molecule has 0 saturated carbocycles. The third-order valence-electron chi connectivity index (χ3n) is 6.96. The van der Waals surface area contributed by atoms with Crippen LogP contribution in [0.25, 0.3) is 0 Å². The van der Waals surface area contributed by atoms with E-state index in [0.717, 1.165) is 29.8 Å². The SMILES string of the molecule is Cc1ccc(S(=O)(=O)N(CC(=O)N2CCN(c3cccc(C)c3C)CC2)Cc2cccc(C)c2)cc1. The minimum atomic E-state index is -3.85. The van der Waals surface area contributed by atoms with Crippen LogP contribution in [0.2, 0.25) is 0 Å². The lowest BCUT2D eigenvalue weighted by molar-refractivity contribution is -0.131. The van der Waals surface area contributed by atoms with Gasteiger partial charge < -0.3 is 9.80 Å². The first-order valence-electron chi connectivity index (χ1n) is 12.4. The number of anilines is 1. The number of carbonyl (C=O) groups excluding carboxylic acids is 1. The molecular formula is C29H35N3O3S. The number of carbonyl (C=O) groups is 1. The minimum absolute atomic E-state index is 0.145. The number of hydrogen-bond donors (Lipinski definition) is 0. The number of benzene rings is 3. The summed E-state index contributed by atoms with van der Waals surface area (Å²) >= 11 is 0. The molecule has 1 aliphatic rings. The molecule has 36 heavy (non-hydrogen) atoms. The summed E-state index contributed by atoms with van der Waals surface area (Å²) < 4.78 is 28.5. The van der Waals surface area contributed by atoms with Crippen molar-refractivity contribution in [3.05, 3.63) is 94.5 Å². The summed E-state index contributed by atoms with van der Waals surface area (Å²) in [6.07, 6.45) is 0. The maximum absolute atomic E-state index is 13.6. The zero-order valence-corrected chi connectivity index (χ0v) is 22.4. The Kier molecular flexibility index (Phi) is 7.81. The average molecular weight is 506 g/mol. The Labute approximate surface area is 215 Å². The first-order valence-corrected chi connectivity index (χ1v) is 13.8. The molecule has 0 unspecified atom stereocenters. The van der Waals surface area contributed by atoms with Gasteiger partial charge in [-0.15, -0.1) is 0 Å². The van der Waals surface area contributed by atoms with E-state index in [-0.39, 0.29) is 23.9 Å². The highest BCUT2D eigenvalue weighted by Crippen LogP contribution is 2.24. The van der Waals surface area contributed by atoms with Crippen LogP contribution >= 0.6 is 0 Å². The number of nitrogens with zero attached hydrogens (tertiary/aromatic N) is 3. The second-order valence-corrected chi connectivity index (χ2v) is 11.6. The van der Waals surface area contributed by atoms with Gasteiger partial charge in [-0.25, -0.2) is 8.42 Å². The van der Waals surface area contributed by atoms with Gasteiger partial charge in [0.1, 0.15) is 0 Å². The van der Waals surface area contributed by atoms with Crippen LogP contribution in [0.4, 0.5) is 5.69 Å². The molecule has 1 fully saturated rings. The third kappa shape index (κ3) is 5.79. The van der Waals surface area contributed by atoms with E-state index >= 15 is 0 Å². The van der Waals surface area contributed by atoms with Crippen molar-refractivity contribution in [1.29, 1.82) is 0 Å². The summed E-state index contributed by atoms with van der Waals surface area (Å²) in [7, 11) is -3.85. The van der Waals surface area contributed by atoms with Crippen LogP contribution in [-0.2, 0) is 21.4 Å². The number of hydrogen-bond acceptors (Lipinski definition) is 4. The van der Waals surface area contributed by atoms with E-state index in [1.807, 2.05) is 38.1 Å². The molecule has 0 bridgehead atoms. The average Bonchev–Trinajstić information content (AvgIpc) is 2.86. The maximum atomic E-state index is 13.6. The molecule has 7 heteroatoms. The number of piperazine rings is 1. The molecule has 0 spiro atoms. The van der Waals surface area contributed by atoms with Gasteiger partial charge in [0, 0.05) is 38.4 Å². The molecule has 1 heterocycles. The second kappa shape index (κ2) is 10.8. The van der Waals surface area contributed by atoms with E-state index in [9.17, 15) is 13.2 Å². The molecule has 0 atom stereocenters. The highest BCUT2D eigenvalue weighted by Gasteiger charge is 2.30. The van der Waals surface area contributed by atoms with Crippen LogP contribution in [0.15, 0.2) is 71.6 Å².